The zero-order valence-corrected chi connectivity index (χ0v) is 13.2. The molecular formula is C18H19N3O2. The van der Waals surface area contributed by atoms with Crippen LogP contribution in [0.4, 0.5) is 0 Å². The highest BCUT2D eigenvalue weighted by Crippen LogP contribution is 2.29. The Bertz CT molecular complexity index is 866. The molecule has 0 spiro atoms. The minimum Gasteiger partial charge on any atom is -0.480 e. The van der Waals surface area contributed by atoms with Gasteiger partial charge < -0.3 is 15.4 Å². The zero-order valence-electron chi connectivity index (χ0n) is 13.2. The molecule has 3 rings (SSSR count). The Kier molecular flexibility index (Phi) is 3.88. The Balaban J connectivity index is 2.25. The molecule has 0 saturated heterocycles. The van der Waals surface area contributed by atoms with Crippen molar-refractivity contribution in [3.8, 4) is 11.4 Å². The number of carboxylic acid groups (broad SMARTS) is 1. The number of nitrogens with zero attached hydrogens (tertiary/aromatic N) is 2. The molecule has 5 nitrogen and oxygen atoms in total. The van der Waals surface area contributed by atoms with Crippen LogP contribution in [-0.4, -0.2) is 20.6 Å². The van der Waals surface area contributed by atoms with E-state index in [0.717, 1.165) is 27.7 Å². The van der Waals surface area contributed by atoms with Crippen molar-refractivity contribution in [2.75, 3.05) is 0 Å². The lowest BCUT2D eigenvalue weighted by molar-refractivity contribution is -0.140. The molecule has 5 heteroatoms. The molecule has 23 heavy (non-hydrogen) atoms. The van der Waals surface area contributed by atoms with Crippen LogP contribution in [0.25, 0.3) is 22.4 Å². The van der Waals surface area contributed by atoms with Gasteiger partial charge in [-0.3, -0.25) is 0 Å². The number of hydrogen-bond acceptors (Lipinski definition) is 3. The van der Waals surface area contributed by atoms with Gasteiger partial charge in [-0.15, -0.1) is 0 Å². The fraction of sp³-hybridized carbons (Fsp3) is 0.222. The second-order valence-electron chi connectivity index (χ2n) is 5.71. The third kappa shape index (κ3) is 2.71. The number of aryl methyl sites for hydroxylation is 1. The van der Waals surface area contributed by atoms with Gasteiger partial charge in [-0.05, 0) is 37.1 Å². The molecule has 1 atom stereocenters. The smallest absolute Gasteiger partial charge is 0.326 e. The molecular weight excluding hydrogens is 290 g/mol. The number of nitrogens with two attached hydrogens (primary N) is 1. The lowest BCUT2D eigenvalue weighted by Crippen LogP contribution is -2.16. The summed E-state index contributed by atoms with van der Waals surface area (Å²) in [4.78, 5) is 16.2. The largest absolute Gasteiger partial charge is 0.480 e. The molecule has 1 heterocycles. The van der Waals surface area contributed by atoms with Crippen molar-refractivity contribution in [3.63, 3.8) is 0 Å². The summed E-state index contributed by atoms with van der Waals surface area (Å²) in [5.41, 5.74) is 10.3. The van der Waals surface area contributed by atoms with E-state index in [1.54, 1.807) is 11.5 Å². The maximum Gasteiger partial charge on any atom is 0.326 e. The quantitative estimate of drug-likeness (QED) is 0.776. The molecule has 0 radical (unpaired) electrons. The van der Waals surface area contributed by atoms with Crippen molar-refractivity contribution in [1.82, 2.24) is 9.55 Å². The van der Waals surface area contributed by atoms with Crippen LogP contribution in [0.3, 0.4) is 0 Å². The Morgan fingerprint density at radius 2 is 1.96 bits per heavy atom. The second-order valence-corrected chi connectivity index (χ2v) is 5.71. The molecule has 0 fully saturated rings. The molecule has 0 aliphatic rings. The van der Waals surface area contributed by atoms with E-state index in [0.29, 0.717) is 12.4 Å². The third-order valence-corrected chi connectivity index (χ3v) is 4.04. The van der Waals surface area contributed by atoms with Crippen molar-refractivity contribution >= 4 is 17.0 Å². The van der Waals surface area contributed by atoms with Crippen LogP contribution in [0.1, 0.15) is 24.1 Å². The summed E-state index contributed by atoms with van der Waals surface area (Å²) in [5, 5.41) is 9.46. The predicted octanol–water partition coefficient (Wildman–Crippen LogP) is 3.12. The van der Waals surface area contributed by atoms with Gasteiger partial charge in [0.25, 0.3) is 0 Å². The van der Waals surface area contributed by atoms with Crippen molar-refractivity contribution in [2.24, 2.45) is 5.73 Å². The average Bonchev–Trinajstić information content (AvgIpc) is 2.92. The summed E-state index contributed by atoms with van der Waals surface area (Å²) in [7, 11) is 0. The topological polar surface area (TPSA) is 81.1 Å². The van der Waals surface area contributed by atoms with Gasteiger partial charge in [0.15, 0.2) is 0 Å². The zero-order chi connectivity index (χ0) is 16.6. The van der Waals surface area contributed by atoms with Crippen LogP contribution in [0.2, 0.25) is 0 Å². The molecule has 0 bridgehead atoms. The van der Waals surface area contributed by atoms with Gasteiger partial charge in [0.05, 0.1) is 11.0 Å². The Labute approximate surface area is 134 Å². The molecule has 3 N–H and O–H groups in total. The highest BCUT2D eigenvalue weighted by atomic mass is 16.4. The third-order valence-electron chi connectivity index (χ3n) is 4.04. The van der Waals surface area contributed by atoms with Gasteiger partial charge in [-0.2, -0.15) is 0 Å². The first-order chi connectivity index (χ1) is 11.0. The number of fused-ring (bicyclic) bond motifs is 1. The van der Waals surface area contributed by atoms with Crippen LogP contribution < -0.4 is 5.73 Å². The molecule has 1 aromatic heterocycles. The second kappa shape index (κ2) is 5.85. The van der Waals surface area contributed by atoms with Crippen LogP contribution >= 0.6 is 0 Å². The monoisotopic (exact) mass is 309 g/mol. The lowest BCUT2D eigenvalue weighted by atomic mass is 10.1. The number of imidazole rings is 1. The fourth-order valence-corrected chi connectivity index (χ4v) is 2.70. The van der Waals surface area contributed by atoms with Crippen molar-refractivity contribution in [3.05, 3.63) is 53.6 Å². The highest BCUT2D eigenvalue weighted by molar-refractivity contribution is 5.84. The van der Waals surface area contributed by atoms with E-state index >= 15 is 0 Å². The Morgan fingerprint density at radius 1 is 1.26 bits per heavy atom. The van der Waals surface area contributed by atoms with E-state index in [9.17, 15) is 9.90 Å². The van der Waals surface area contributed by atoms with E-state index < -0.39 is 12.0 Å². The first-order valence-electron chi connectivity index (χ1n) is 7.52. The molecule has 2 aromatic carbocycles. The predicted molar refractivity (Wildman–Crippen MR) is 90.1 cm³/mol. The number of hydrogen-bond donors (Lipinski definition) is 2. The summed E-state index contributed by atoms with van der Waals surface area (Å²) in [6, 6.07) is 12.9. The Hall–Kier alpha value is -2.66. The number of carbonyl (C=O) groups is 1. The van der Waals surface area contributed by atoms with Crippen LogP contribution in [0, 0.1) is 6.92 Å². The first kappa shape index (κ1) is 15.2. The molecule has 3 aromatic rings. The summed E-state index contributed by atoms with van der Waals surface area (Å²) < 4.78 is 1.77. The maximum atomic E-state index is 11.5. The Morgan fingerprint density at radius 3 is 2.57 bits per heavy atom. The molecule has 1 unspecified atom stereocenters. The van der Waals surface area contributed by atoms with Crippen molar-refractivity contribution in [2.45, 2.75) is 26.4 Å². The molecule has 0 aliphatic heterocycles. The molecule has 118 valence electrons. The van der Waals surface area contributed by atoms with E-state index in [4.69, 9.17) is 5.73 Å². The van der Waals surface area contributed by atoms with E-state index in [1.807, 2.05) is 49.4 Å². The van der Waals surface area contributed by atoms with Gasteiger partial charge in [-0.25, -0.2) is 9.78 Å². The van der Waals surface area contributed by atoms with Gasteiger partial charge >= 0.3 is 5.97 Å². The van der Waals surface area contributed by atoms with E-state index in [1.165, 1.54) is 0 Å². The summed E-state index contributed by atoms with van der Waals surface area (Å²) in [6.45, 7) is 4.14. The lowest BCUT2D eigenvalue weighted by Gasteiger charge is -2.14. The number of carboxylic acids is 1. The van der Waals surface area contributed by atoms with Crippen molar-refractivity contribution in [1.29, 1.82) is 0 Å². The van der Waals surface area contributed by atoms with Crippen molar-refractivity contribution < 1.29 is 9.90 Å². The summed E-state index contributed by atoms with van der Waals surface area (Å²) in [5.74, 6) is -0.228. The number of aromatic nitrogens is 2. The average molecular weight is 309 g/mol. The van der Waals surface area contributed by atoms with Gasteiger partial charge in [0.1, 0.15) is 11.9 Å². The molecule has 0 saturated carbocycles. The van der Waals surface area contributed by atoms with Gasteiger partial charge in [-0.1, -0.05) is 30.3 Å². The van der Waals surface area contributed by atoms with E-state index in [-0.39, 0.29) is 0 Å². The van der Waals surface area contributed by atoms with Crippen LogP contribution in [0.15, 0.2) is 42.5 Å². The summed E-state index contributed by atoms with van der Waals surface area (Å²) >= 11 is 0. The maximum absolute atomic E-state index is 11.5. The van der Waals surface area contributed by atoms with Crippen LogP contribution in [0.5, 0.6) is 0 Å². The number of benzene rings is 2. The summed E-state index contributed by atoms with van der Waals surface area (Å²) in [6.07, 6.45) is 0. The van der Waals surface area contributed by atoms with Crippen LogP contribution in [-0.2, 0) is 11.3 Å². The molecule has 0 amide bonds. The van der Waals surface area contributed by atoms with Gasteiger partial charge in [0, 0.05) is 12.1 Å². The number of aliphatic carboxylic acids is 1. The highest BCUT2D eigenvalue weighted by Gasteiger charge is 2.21. The standard InChI is InChI=1S/C18H19N3O2/c1-11-3-8-16-15(9-11)20-17(21(16)12(2)18(22)23)14-6-4-13(10-19)5-7-14/h3-9,12H,10,19H2,1-2H3,(H,22,23). The van der Waals surface area contributed by atoms with E-state index in [2.05, 4.69) is 4.98 Å². The molecule has 0 aliphatic carbocycles. The SMILES string of the molecule is Cc1ccc2c(c1)nc(-c1ccc(CN)cc1)n2C(C)C(=O)O. The number of rotatable bonds is 4. The minimum atomic E-state index is -0.885. The first-order valence-corrected chi connectivity index (χ1v) is 7.52. The van der Waals surface area contributed by atoms with Gasteiger partial charge in [0.2, 0.25) is 0 Å². The normalized spacial score (nSPS) is 12.5. The minimum absolute atomic E-state index is 0.474. The fourth-order valence-electron chi connectivity index (χ4n) is 2.70.